The summed E-state index contributed by atoms with van der Waals surface area (Å²) in [5.41, 5.74) is 0. The normalized spacial score (nSPS) is 11.6. The first kappa shape index (κ1) is 15.6. The zero-order chi connectivity index (χ0) is 15.6. The summed E-state index contributed by atoms with van der Waals surface area (Å²) in [5, 5.41) is 2.05. The van der Waals surface area contributed by atoms with E-state index in [4.69, 9.17) is 0 Å². The molecule has 3 rings (SSSR count). The molecule has 0 aliphatic rings. The van der Waals surface area contributed by atoms with E-state index in [2.05, 4.69) is 28.8 Å². The molecule has 1 N–H and O–H groups in total. The fraction of sp³-hybridized carbons (Fsp3) is 0.0667. The minimum absolute atomic E-state index is 0.233. The van der Waals surface area contributed by atoms with E-state index >= 15 is 0 Å². The number of nitrogens with one attached hydrogen (secondary N) is 1. The number of sulfonamides is 1. The minimum atomic E-state index is -3.44. The molecule has 0 unspecified atom stereocenters. The molecular weight excluding hydrogens is 354 g/mol. The van der Waals surface area contributed by atoms with Crippen molar-refractivity contribution < 1.29 is 8.42 Å². The van der Waals surface area contributed by atoms with Crippen molar-refractivity contribution in [3.8, 4) is 19.5 Å². The van der Waals surface area contributed by atoms with Gasteiger partial charge in [-0.2, -0.15) is 0 Å². The van der Waals surface area contributed by atoms with Crippen molar-refractivity contribution in [3.63, 3.8) is 0 Å². The van der Waals surface area contributed by atoms with Crippen LogP contribution in [0.2, 0.25) is 0 Å². The van der Waals surface area contributed by atoms with Crippen molar-refractivity contribution >= 4 is 44.0 Å². The van der Waals surface area contributed by atoms with E-state index in [1.165, 1.54) is 27.2 Å². The molecule has 0 bridgehead atoms. The SMILES string of the molecule is C=CCNS(=O)(=O)c1ccc(-c2ccc(-c3cccs3)s2)s1. The molecule has 0 aromatic carbocycles. The van der Waals surface area contributed by atoms with Gasteiger partial charge in [0.15, 0.2) is 0 Å². The summed E-state index contributed by atoms with van der Waals surface area (Å²) in [6, 6.07) is 11.7. The van der Waals surface area contributed by atoms with E-state index in [0.717, 1.165) is 9.75 Å². The van der Waals surface area contributed by atoms with Crippen molar-refractivity contribution in [1.29, 1.82) is 0 Å². The van der Waals surface area contributed by atoms with Crippen LogP contribution in [-0.2, 0) is 10.0 Å². The fourth-order valence-electron chi connectivity index (χ4n) is 1.86. The molecule has 3 aromatic rings. The molecule has 0 atom stereocenters. The third kappa shape index (κ3) is 3.23. The fourth-order valence-corrected chi connectivity index (χ4v) is 6.14. The second-order valence-corrected chi connectivity index (χ2v) is 9.51. The van der Waals surface area contributed by atoms with Crippen LogP contribution in [0.1, 0.15) is 0 Å². The Balaban J connectivity index is 1.87. The van der Waals surface area contributed by atoms with Gasteiger partial charge in [-0.3, -0.25) is 0 Å². The van der Waals surface area contributed by atoms with Crippen LogP contribution in [0.25, 0.3) is 19.5 Å². The van der Waals surface area contributed by atoms with E-state index in [1.807, 2.05) is 18.2 Å². The average molecular weight is 368 g/mol. The summed E-state index contributed by atoms with van der Waals surface area (Å²) in [4.78, 5) is 4.48. The van der Waals surface area contributed by atoms with Gasteiger partial charge in [-0.15, -0.1) is 40.6 Å². The quantitative estimate of drug-likeness (QED) is 0.644. The highest BCUT2D eigenvalue weighted by atomic mass is 32.2. The Labute approximate surface area is 141 Å². The Morgan fingerprint density at radius 1 is 1.00 bits per heavy atom. The molecular formula is C15H13NO2S4. The van der Waals surface area contributed by atoms with Crippen molar-refractivity contribution in [2.75, 3.05) is 6.54 Å². The average Bonchev–Trinajstić information content (AvgIpc) is 3.24. The number of thiophene rings is 3. The third-order valence-corrected chi connectivity index (χ3v) is 8.22. The third-order valence-electron chi connectivity index (χ3n) is 2.88. The Bertz CT molecular complexity index is 872. The van der Waals surface area contributed by atoms with E-state index < -0.39 is 10.0 Å². The molecule has 0 radical (unpaired) electrons. The standard InChI is InChI=1S/C15H13NO2S4/c1-2-9-16-22(17,18)15-8-7-14(21-15)13-6-5-12(20-13)11-4-3-10-19-11/h2-8,10,16H,1,9H2. The zero-order valence-electron chi connectivity index (χ0n) is 11.5. The maximum absolute atomic E-state index is 12.1. The summed E-state index contributed by atoms with van der Waals surface area (Å²) in [6.07, 6.45) is 1.53. The summed E-state index contributed by atoms with van der Waals surface area (Å²) in [6.45, 7) is 3.75. The van der Waals surface area contributed by atoms with Gasteiger partial charge in [-0.1, -0.05) is 12.1 Å². The highest BCUT2D eigenvalue weighted by Crippen LogP contribution is 2.39. The topological polar surface area (TPSA) is 46.2 Å². The largest absolute Gasteiger partial charge is 0.250 e. The predicted molar refractivity (Wildman–Crippen MR) is 96.3 cm³/mol. The molecule has 114 valence electrons. The van der Waals surface area contributed by atoms with Gasteiger partial charge in [0.05, 0.1) is 0 Å². The van der Waals surface area contributed by atoms with Crippen LogP contribution in [0.3, 0.4) is 0 Å². The highest BCUT2D eigenvalue weighted by molar-refractivity contribution is 7.91. The van der Waals surface area contributed by atoms with Crippen molar-refractivity contribution in [2.24, 2.45) is 0 Å². The molecule has 0 fully saturated rings. The lowest BCUT2D eigenvalue weighted by atomic mass is 10.3. The summed E-state index contributed by atoms with van der Waals surface area (Å²) in [5.74, 6) is 0. The molecule has 0 saturated heterocycles. The van der Waals surface area contributed by atoms with E-state index in [-0.39, 0.29) is 6.54 Å². The van der Waals surface area contributed by atoms with Crippen molar-refractivity contribution in [1.82, 2.24) is 4.72 Å². The van der Waals surface area contributed by atoms with E-state index in [0.29, 0.717) is 4.21 Å². The van der Waals surface area contributed by atoms with Crippen LogP contribution in [0.15, 0.2) is 58.6 Å². The van der Waals surface area contributed by atoms with E-state index in [1.54, 1.807) is 28.7 Å². The summed E-state index contributed by atoms with van der Waals surface area (Å²) in [7, 11) is -3.44. The Morgan fingerprint density at radius 3 is 2.36 bits per heavy atom. The number of rotatable bonds is 6. The second kappa shape index (κ2) is 6.47. The van der Waals surface area contributed by atoms with Crippen molar-refractivity contribution in [2.45, 2.75) is 4.21 Å². The summed E-state index contributed by atoms with van der Waals surface area (Å²) < 4.78 is 27.0. The van der Waals surface area contributed by atoms with Crippen LogP contribution < -0.4 is 4.72 Å². The van der Waals surface area contributed by atoms with Gasteiger partial charge in [-0.25, -0.2) is 13.1 Å². The molecule has 22 heavy (non-hydrogen) atoms. The first-order valence-electron chi connectivity index (χ1n) is 6.44. The first-order chi connectivity index (χ1) is 10.6. The lowest BCUT2D eigenvalue weighted by Crippen LogP contribution is -2.22. The van der Waals surface area contributed by atoms with Crippen LogP contribution >= 0.6 is 34.0 Å². The monoisotopic (exact) mass is 367 g/mol. The minimum Gasteiger partial charge on any atom is -0.207 e. The maximum Gasteiger partial charge on any atom is 0.250 e. The van der Waals surface area contributed by atoms with Crippen LogP contribution in [-0.4, -0.2) is 15.0 Å². The van der Waals surface area contributed by atoms with Crippen LogP contribution in [0, 0.1) is 0 Å². The van der Waals surface area contributed by atoms with E-state index in [9.17, 15) is 8.42 Å². The van der Waals surface area contributed by atoms with Gasteiger partial charge in [0.2, 0.25) is 10.0 Å². The lowest BCUT2D eigenvalue weighted by molar-refractivity contribution is 0.588. The predicted octanol–water partition coefficient (Wildman–Crippen LogP) is 4.67. The highest BCUT2D eigenvalue weighted by Gasteiger charge is 2.17. The second-order valence-electron chi connectivity index (χ2n) is 4.40. The molecule has 0 amide bonds. The number of hydrogen-bond donors (Lipinski definition) is 1. The zero-order valence-corrected chi connectivity index (χ0v) is 14.7. The van der Waals surface area contributed by atoms with Crippen LogP contribution in [0.5, 0.6) is 0 Å². The van der Waals surface area contributed by atoms with Gasteiger partial charge in [0.1, 0.15) is 4.21 Å². The molecule has 3 nitrogen and oxygen atoms in total. The molecule has 3 heterocycles. The van der Waals surface area contributed by atoms with Crippen molar-refractivity contribution in [3.05, 3.63) is 54.4 Å². The number of hydrogen-bond acceptors (Lipinski definition) is 5. The Morgan fingerprint density at radius 2 is 1.68 bits per heavy atom. The molecule has 0 saturated carbocycles. The molecule has 3 aromatic heterocycles. The van der Waals surface area contributed by atoms with Gasteiger partial charge in [-0.05, 0) is 35.7 Å². The van der Waals surface area contributed by atoms with Crippen LogP contribution in [0.4, 0.5) is 0 Å². The molecule has 0 spiro atoms. The van der Waals surface area contributed by atoms with Gasteiger partial charge >= 0.3 is 0 Å². The smallest absolute Gasteiger partial charge is 0.207 e. The Hall–Kier alpha value is -1.25. The first-order valence-corrected chi connectivity index (χ1v) is 10.4. The molecule has 0 aliphatic carbocycles. The van der Waals surface area contributed by atoms with Gasteiger partial charge in [0.25, 0.3) is 0 Å². The Kier molecular flexibility index (Phi) is 4.60. The molecule has 0 aliphatic heterocycles. The van der Waals surface area contributed by atoms with Gasteiger partial charge < -0.3 is 0 Å². The maximum atomic E-state index is 12.1. The lowest BCUT2D eigenvalue weighted by Gasteiger charge is -2.00. The molecule has 7 heteroatoms. The summed E-state index contributed by atoms with van der Waals surface area (Å²) >= 11 is 4.66. The van der Waals surface area contributed by atoms with Gasteiger partial charge in [0, 0.05) is 26.1 Å².